The van der Waals surface area contributed by atoms with Crippen LogP contribution in [-0.2, 0) is 6.42 Å². The van der Waals surface area contributed by atoms with Gasteiger partial charge in [-0.3, -0.25) is 9.80 Å². The van der Waals surface area contributed by atoms with Gasteiger partial charge in [0.1, 0.15) is 11.8 Å². The number of carbonyl (C=O) groups is 1. The Hall–Kier alpha value is -2.95. The number of nitrogens with zero attached hydrogens (tertiary/aromatic N) is 6. The van der Waals surface area contributed by atoms with Crippen molar-refractivity contribution in [2.75, 3.05) is 39.2 Å². The van der Waals surface area contributed by atoms with Crippen molar-refractivity contribution in [1.82, 2.24) is 14.8 Å². The average Bonchev–Trinajstić information content (AvgIpc) is 3.54. The lowest BCUT2D eigenvalue weighted by atomic mass is 9.76. The van der Waals surface area contributed by atoms with Gasteiger partial charge < -0.3 is 9.80 Å². The number of pyridine rings is 1. The Balaban J connectivity index is 1.47. The Morgan fingerprint density at radius 2 is 1.92 bits per heavy atom. The molecule has 0 bridgehead atoms. The van der Waals surface area contributed by atoms with Crippen molar-refractivity contribution < 1.29 is 4.79 Å². The highest BCUT2D eigenvalue weighted by Gasteiger charge is 2.46. The first kappa shape index (κ1) is 24.7. The Morgan fingerprint density at radius 3 is 2.61 bits per heavy atom. The average molecular weight is 505 g/mol. The molecule has 2 unspecified atom stereocenters. The van der Waals surface area contributed by atoms with E-state index in [0.717, 1.165) is 42.0 Å². The summed E-state index contributed by atoms with van der Waals surface area (Å²) in [4.78, 5) is 21.6. The van der Waals surface area contributed by atoms with E-state index in [0.29, 0.717) is 34.7 Å². The number of fused-ring (bicyclic) bond motifs is 3. The summed E-state index contributed by atoms with van der Waals surface area (Å²) in [7, 11) is 5.83. The van der Waals surface area contributed by atoms with Gasteiger partial charge in [0, 0.05) is 31.6 Å². The fourth-order valence-electron chi connectivity index (χ4n) is 5.93. The lowest BCUT2D eigenvalue weighted by Gasteiger charge is -2.34. The zero-order valence-corrected chi connectivity index (χ0v) is 22.0. The maximum absolute atomic E-state index is 13.0. The number of benzene rings is 1. The summed E-state index contributed by atoms with van der Waals surface area (Å²) in [6.07, 6.45) is 6.75. The number of carbonyl (C=O) groups excluding carboxylic acids is 1. The molecule has 0 radical (unpaired) electrons. The van der Waals surface area contributed by atoms with Crippen LogP contribution < -0.4 is 5.01 Å². The zero-order chi connectivity index (χ0) is 25.4. The molecule has 188 valence electrons. The summed E-state index contributed by atoms with van der Waals surface area (Å²) in [6, 6.07) is 11.9. The maximum atomic E-state index is 13.0. The van der Waals surface area contributed by atoms with Gasteiger partial charge in [0.25, 0.3) is 5.91 Å². The molecular weight excluding hydrogens is 472 g/mol. The Bertz CT molecular complexity index is 1230. The fraction of sp³-hybridized carbons (Fsp3) is 0.500. The standard InChI is InChI=1S/C28H33ClN6O/c1-33(2)14-15-34(3)28(36)25-13-10-21-24(31-25)12-11-22-26(21)32-35(27(22)18-6-4-5-7-18)20-9-8-19(17-30)23(29)16-20/h8-10,13,16,18,22,27H,4-7,11-12,14-15H2,1-3H3. The van der Waals surface area contributed by atoms with Crippen molar-refractivity contribution in [3.63, 3.8) is 0 Å². The van der Waals surface area contributed by atoms with E-state index in [1.54, 1.807) is 11.0 Å². The summed E-state index contributed by atoms with van der Waals surface area (Å²) in [5, 5.41) is 17.1. The summed E-state index contributed by atoms with van der Waals surface area (Å²) in [5.74, 6) is 0.848. The summed E-state index contributed by atoms with van der Waals surface area (Å²) >= 11 is 6.42. The molecule has 2 aromatic rings. The second kappa shape index (κ2) is 10.2. The minimum atomic E-state index is -0.0483. The Kier molecular flexibility index (Phi) is 7.00. The molecule has 1 fully saturated rings. The van der Waals surface area contributed by atoms with Crippen LogP contribution in [0.15, 0.2) is 35.4 Å². The van der Waals surface area contributed by atoms with Crippen LogP contribution in [0.25, 0.3) is 0 Å². The van der Waals surface area contributed by atoms with Gasteiger partial charge in [0.05, 0.1) is 33.7 Å². The van der Waals surface area contributed by atoms with E-state index in [2.05, 4.69) is 16.0 Å². The first-order chi connectivity index (χ1) is 17.4. The van der Waals surface area contributed by atoms with Crippen LogP contribution in [0, 0.1) is 23.2 Å². The fourth-order valence-corrected chi connectivity index (χ4v) is 6.14. The minimum absolute atomic E-state index is 0.0483. The molecule has 1 amide bonds. The van der Waals surface area contributed by atoms with Gasteiger partial charge in [0.15, 0.2) is 0 Å². The van der Waals surface area contributed by atoms with E-state index >= 15 is 0 Å². The van der Waals surface area contributed by atoms with Crippen LogP contribution in [-0.4, -0.2) is 66.7 Å². The van der Waals surface area contributed by atoms with Crippen molar-refractivity contribution in [2.24, 2.45) is 16.9 Å². The zero-order valence-electron chi connectivity index (χ0n) is 21.2. The van der Waals surface area contributed by atoms with E-state index in [9.17, 15) is 10.1 Å². The second-order valence-corrected chi connectivity index (χ2v) is 10.9. The van der Waals surface area contributed by atoms with Crippen molar-refractivity contribution >= 4 is 28.9 Å². The third kappa shape index (κ3) is 4.60. The number of nitriles is 1. The monoisotopic (exact) mass is 504 g/mol. The molecule has 7 nitrogen and oxygen atoms in total. The predicted octanol–water partition coefficient (Wildman–Crippen LogP) is 4.59. The predicted molar refractivity (Wildman–Crippen MR) is 142 cm³/mol. The quantitative estimate of drug-likeness (QED) is 0.575. The number of rotatable bonds is 6. The van der Waals surface area contributed by atoms with Crippen molar-refractivity contribution in [3.8, 4) is 6.07 Å². The highest BCUT2D eigenvalue weighted by molar-refractivity contribution is 6.32. The van der Waals surface area contributed by atoms with Crippen LogP contribution in [0.1, 0.15) is 59.4 Å². The molecule has 2 heterocycles. The highest BCUT2D eigenvalue weighted by atomic mass is 35.5. The largest absolute Gasteiger partial charge is 0.339 e. The van der Waals surface area contributed by atoms with Gasteiger partial charge in [-0.25, -0.2) is 4.98 Å². The first-order valence-electron chi connectivity index (χ1n) is 12.8. The van der Waals surface area contributed by atoms with Crippen molar-refractivity contribution in [1.29, 1.82) is 5.26 Å². The lowest BCUT2D eigenvalue weighted by molar-refractivity contribution is 0.0780. The van der Waals surface area contributed by atoms with Gasteiger partial charge in [-0.2, -0.15) is 10.4 Å². The van der Waals surface area contributed by atoms with E-state index in [4.69, 9.17) is 21.7 Å². The van der Waals surface area contributed by atoms with Crippen LogP contribution in [0.2, 0.25) is 5.02 Å². The number of hydrogen-bond acceptors (Lipinski definition) is 6. The van der Waals surface area contributed by atoms with Crippen molar-refractivity contribution in [2.45, 2.75) is 44.6 Å². The van der Waals surface area contributed by atoms with Gasteiger partial charge in [-0.05, 0) is 76.0 Å². The smallest absolute Gasteiger partial charge is 0.272 e. The molecule has 0 saturated heterocycles. The molecule has 5 rings (SSSR count). The van der Waals surface area contributed by atoms with E-state index in [1.165, 1.54) is 25.7 Å². The highest BCUT2D eigenvalue weighted by Crippen LogP contribution is 2.45. The molecule has 0 N–H and O–H groups in total. The third-order valence-electron chi connectivity index (χ3n) is 7.87. The van der Waals surface area contributed by atoms with Gasteiger partial charge in [0.2, 0.25) is 0 Å². The van der Waals surface area contributed by atoms with E-state index < -0.39 is 0 Å². The first-order valence-corrected chi connectivity index (χ1v) is 13.2. The van der Waals surface area contributed by atoms with E-state index in [1.807, 2.05) is 45.4 Å². The number of amides is 1. The van der Waals surface area contributed by atoms with Crippen LogP contribution in [0.5, 0.6) is 0 Å². The number of anilines is 1. The topological polar surface area (TPSA) is 75.8 Å². The summed E-state index contributed by atoms with van der Waals surface area (Å²) < 4.78 is 0. The molecule has 2 atom stereocenters. The SMILES string of the molecule is CN(C)CCN(C)C(=O)c1ccc2c(n1)CCC1C2=NN(c2ccc(C#N)c(Cl)c2)C1C1CCCC1. The molecule has 3 aliphatic rings. The maximum Gasteiger partial charge on any atom is 0.272 e. The summed E-state index contributed by atoms with van der Waals surface area (Å²) in [5.41, 5.74) is 4.99. The Labute approximate surface area is 218 Å². The van der Waals surface area contributed by atoms with Gasteiger partial charge >= 0.3 is 0 Å². The normalized spacial score (nSPS) is 21.2. The van der Waals surface area contributed by atoms with Crippen LogP contribution in [0.3, 0.4) is 0 Å². The molecule has 1 aromatic heterocycles. The third-order valence-corrected chi connectivity index (χ3v) is 8.19. The number of halogens is 1. The van der Waals surface area contributed by atoms with Crippen molar-refractivity contribution in [3.05, 3.63) is 57.9 Å². The molecule has 1 aliphatic heterocycles. The number of hydrazone groups is 1. The van der Waals surface area contributed by atoms with E-state index in [-0.39, 0.29) is 11.9 Å². The number of aryl methyl sites for hydroxylation is 1. The number of hydrogen-bond donors (Lipinski definition) is 0. The summed E-state index contributed by atoms with van der Waals surface area (Å²) in [6.45, 7) is 1.47. The molecule has 8 heteroatoms. The van der Waals surface area contributed by atoms with Gasteiger partial charge in [-0.15, -0.1) is 0 Å². The molecule has 2 aliphatic carbocycles. The van der Waals surface area contributed by atoms with Crippen LogP contribution in [0.4, 0.5) is 5.69 Å². The minimum Gasteiger partial charge on any atom is -0.339 e. The number of aromatic nitrogens is 1. The molecule has 1 aromatic carbocycles. The Morgan fingerprint density at radius 1 is 1.14 bits per heavy atom. The molecular formula is C28H33ClN6O. The molecule has 0 spiro atoms. The van der Waals surface area contributed by atoms with Gasteiger partial charge in [-0.1, -0.05) is 24.4 Å². The number of likely N-dealkylation sites (N-methyl/N-ethyl adjacent to an activating group) is 2. The second-order valence-electron chi connectivity index (χ2n) is 10.5. The lowest BCUT2D eigenvalue weighted by Crippen LogP contribution is -2.41. The molecule has 36 heavy (non-hydrogen) atoms. The van der Waals surface area contributed by atoms with Crippen LogP contribution >= 0.6 is 11.6 Å². The molecule has 1 saturated carbocycles.